The Kier molecular flexibility index (Phi) is 8.02. The van der Waals surface area contributed by atoms with Crippen LogP contribution in [0.2, 0.25) is 0 Å². The van der Waals surface area contributed by atoms with Crippen molar-refractivity contribution >= 4 is 0 Å². The predicted octanol–water partition coefficient (Wildman–Crippen LogP) is 1.28. The maximum atomic E-state index is 9.67. The molecule has 0 saturated carbocycles. The number of nitrogens with zero attached hydrogens (tertiary/aromatic N) is 2. The van der Waals surface area contributed by atoms with Crippen molar-refractivity contribution in [2.75, 3.05) is 40.3 Å². The molecule has 0 radical (unpaired) electrons. The van der Waals surface area contributed by atoms with Crippen molar-refractivity contribution in [3.8, 4) is 0 Å². The first-order chi connectivity index (χ1) is 7.01. The molecule has 0 aromatic rings. The molecule has 0 saturated heterocycles. The lowest BCUT2D eigenvalue weighted by Crippen LogP contribution is -2.33. The first kappa shape index (κ1) is 14.9. The van der Waals surface area contributed by atoms with Gasteiger partial charge in [-0.3, -0.25) is 0 Å². The fourth-order valence-electron chi connectivity index (χ4n) is 1.84. The minimum atomic E-state index is -0.206. The van der Waals surface area contributed by atoms with Crippen LogP contribution in [0.25, 0.3) is 0 Å². The Balaban J connectivity index is 3.94. The van der Waals surface area contributed by atoms with Crippen molar-refractivity contribution in [3.05, 3.63) is 0 Å². The Hall–Kier alpha value is -0.120. The molecule has 0 aliphatic carbocycles. The molecule has 0 aliphatic rings. The van der Waals surface area contributed by atoms with Crippen molar-refractivity contribution in [1.29, 1.82) is 0 Å². The van der Waals surface area contributed by atoms with Crippen LogP contribution >= 0.6 is 0 Å². The lowest BCUT2D eigenvalue weighted by Gasteiger charge is -2.26. The Morgan fingerprint density at radius 2 is 1.67 bits per heavy atom. The summed E-state index contributed by atoms with van der Waals surface area (Å²) < 4.78 is 0. The van der Waals surface area contributed by atoms with Gasteiger partial charge in [-0.1, -0.05) is 13.8 Å². The Labute approximate surface area is 95.1 Å². The number of hydrogen-bond donors (Lipinski definition) is 1. The summed E-state index contributed by atoms with van der Waals surface area (Å²) in [4.78, 5) is 4.56. The summed E-state index contributed by atoms with van der Waals surface area (Å²) >= 11 is 0. The summed E-state index contributed by atoms with van der Waals surface area (Å²) in [5.41, 5.74) is 0. The molecular weight excluding hydrogens is 188 g/mol. The zero-order chi connectivity index (χ0) is 11.8. The molecule has 15 heavy (non-hydrogen) atoms. The Morgan fingerprint density at radius 1 is 1.13 bits per heavy atom. The normalized spacial score (nSPS) is 16.0. The molecule has 2 unspecified atom stereocenters. The minimum Gasteiger partial charge on any atom is -0.393 e. The number of rotatable bonds is 8. The van der Waals surface area contributed by atoms with E-state index < -0.39 is 0 Å². The summed E-state index contributed by atoms with van der Waals surface area (Å²) in [6.07, 6.45) is 0.875. The summed E-state index contributed by atoms with van der Waals surface area (Å²) in [6, 6.07) is 0. The van der Waals surface area contributed by atoms with Crippen molar-refractivity contribution in [1.82, 2.24) is 9.80 Å². The van der Waals surface area contributed by atoms with Gasteiger partial charge in [-0.05, 0) is 53.0 Å². The fraction of sp³-hybridized carbons (Fsp3) is 1.00. The highest BCUT2D eigenvalue weighted by molar-refractivity contribution is 4.69. The van der Waals surface area contributed by atoms with Gasteiger partial charge in [0.25, 0.3) is 0 Å². The van der Waals surface area contributed by atoms with Crippen LogP contribution in [0.4, 0.5) is 0 Å². The van der Waals surface area contributed by atoms with Gasteiger partial charge >= 0.3 is 0 Å². The third kappa shape index (κ3) is 6.88. The molecule has 92 valence electrons. The molecular formula is C12H28N2O. The van der Waals surface area contributed by atoms with E-state index in [1.165, 1.54) is 0 Å². The van der Waals surface area contributed by atoms with Crippen molar-refractivity contribution in [3.63, 3.8) is 0 Å². The van der Waals surface area contributed by atoms with Gasteiger partial charge in [0.1, 0.15) is 0 Å². The van der Waals surface area contributed by atoms with Crippen LogP contribution in [-0.2, 0) is 0 Å². The van der Waals surface area contributed by atoms with Gasteiger partial charge in [-0.2, -0.15) is 0 Å². The predicted molar refractivity (Wildman–Crippen MR) is 66.1 cm³/mol. The van der Waals surface area contributed by atoms with Crippen molar-refractivity contribution in [2.45, 2.75) is 33.3 Å². The molecule has 0 spiro atoms. The molecule has 0 aromatic carbocycles. The van der Waals surface area contributed by atoms with E-state index in [-0.39, 0.29) is 6.10 Å². The second kappa shape index (κ2) is 8.08. The SMILES string of the molecule is CCN(CC)CCC(CN(C)C)C(C)O. The van der Waals surface area contributed by atoms with E-state index in [1.807, 2.05) is 6.92 Å². The highest BCUT2D eigenvalue weighted by Gasteiger charge is 2.16. The van der Waals surface area contributed by atoms with Crippen LogP contribution in [0.5, 0.6) is 0 Å². The summed E-state index contributed by atoms with van der Waals surface area (Å²) in [7, 11) is 4.12. The van der Waals surface area contributed by atoms with E-state index in [2.05, 4.69) is 37.7 Å². The Morgan fingerprint density at radius 3 is 2.00 bits per heavy atom. The molecule has 0 fully saturated rings. The molecule has 0 rings (SSSR count). The maximum absolute atomic E-state index is 9.67. The molecule has 3 heteroatoms. The average molecular weight is 216 g/mol. The van der Waals surface area contributed by atoms with Gasteiger partial charge < -0.3 is 14.9 Å². The van der Waals surface area contributed by atoms with E-state index in [4.69, 9.17) is 0 Å². The van der Waals surface area contributed by atoms with E-state index in [0.29, 0.717) is 5.92 Å². The topological polar surface area (TPSA) is 26.7 Å². The third-order valence-electron chi connectivity index (χ3n) is 2.99. The maximum Gasteiger partial charge on any atom is 0.0552 e. The van der Waals surface area contributed by atoms with E-state index in [9.17, 15) is 5.11 Å². The van der Waals surface area contributed by atoms with E-state index >= 15 is 0 Å². The standard InChI is InChI=1S/C12H28N2O/c1-6-14(7-2)9-8-12(11(3)15)10-13(4)5/h11-12,15H,6-10H2,1-5H3. The van der Waals surface area contributed by atoms with Crippen LogP contribution in [0, 0.1) is 5.92 Å². The monoisotopic (exact) mass is 216 g/mol. The largest absolute Gasteiger partial charge is 0.393 e. The fourth-order valence-corrected chi connectivity index (χ4v) is 1.84. The van der Waals surface area contributed by atoms with Gasteiger partial charge in [-0.25, -0.2) is 0 Å². The quantitative estimate of drug-likeness (QED) is 0.662. The van der Waals surface area contributed by atoms with Gasteiger partial charge in [0.15, 0.2) is 0 Å². The molecule has 0 amide bonds. The summed E-state index contributed by atoms with van der Waals surface area (Å²) in [6.45, 7) is 10.5. The van der Waals surface area contributed by atoms with Crippen LogP contribution in [0.1, 0.15) is 27.2 Å². The van der Waals surface area contributed by atoms with Gasteiger partial charge in [0.2, 0.25) is 0 Å². The second-order valence-corrected chi connectivity index (χ2v) is 4.58. The average Bonchev–Trinajstić information content (AvgIpc) is 2.16. The number of aliphatic hydroxyl groups excluding tert-OH is 1. The van der Waals surface area contributed by atoms with Crippen LogP contribution < -0.4 is 0 Å². The van der Waals surface area contributed by atoms with Crippen molar-refractivity contribution < 1.29 is 5.11 Å². The first-order valence-electron chi connectivity index (χ1n) is 6.06. The zero-order valence-corrected chi connectivity index (χ0v) is 11.0. The number of hydrogen-bond acceptors (Lipinski definition) is 3. The second-order valence-electron chi connectivity index (χ2n) is 4.58. The minimum absolute atomic E-state index is 0.206. The lowest BCUT2D eigenvalue weighted by molar-refractivity contribution is 0.0925. The zero-order valence-electron chi connectivity index (χ0n) is 11.0. The number of aliphatic hydroxyl groups is 1. The van der Waals surface area contributed by atoms with Crippen LogP contribution in [0.3, 0.4) is 0 Å². The molecule has 0 heterocycles. The molecule has 1 N–H and O–H groups in total. The molecule has 3 nitrogen and oxygen atoms in total. The van der Waals surface area contributed by atoms with Gasteiger partial charge in [-0.15, -0.1) is 0 Å². The molecule has 0 aromatic heterocycles. The lowest BCUT2D eigenvalue weighted by atomic mass is 9.99. The van der Waals surface area contributed by atoms with Gasteiger partial charge in [0.05, 0.1) is 6.10 Å². The smallest absolute Gasteiger partial charge is 0.0552 e. The summed E-state index contributed by atoms with van der Waals surface area (Å²) in [5, 5.41) is 9.67. The highest BCUT2D eigenvalue weighted by atomic mass is 16.3. The first-order valence-corrected chi connectivity index (χ1v) is 6.06. The molecule has 0 bridgehead atoms. The van der Waals surface area contributed by atoms with Gasteiger partial charge in [0, 0.05) is 6.54 Å². The third-order valence-corrected chi connectivity index (χ3v) is 2.99. The highest BCUT2D eigenvalue weighted by Crippen LogP contribution is 2.11. The van der Waals surface area contributed by atoms with E-state index in [0.717, 1.165) is 32.6 Å². The van der Waals surface area contributed by atoms with Crippen LogP contribution in [0.15, 0.2) is 0 Å². The molecule has 2 atom stereocenters. The summed E-state index contributed by atoms with van der Waals surface area (Å²) in [5.74, 6) is 0.389. The van der Waals surface area contributed by atoms with Crippen LogP contribution in [-0.4, -0.2) is 61.3 Å². The molecule has 0 aliphatic heterocycles. The van der Waals surface area contributed by atoms with Crippen molar-refractivity contribution in [2.24, 2.45) is 5.92 Å². The Bertz CT molecular complexity index is 145. The van der Waals surface area contributed by atoms with E-state index in [1.54, 1.807) is 0 Å².